The number of amides is 1. The van der Waals surface area contributed by atoms with E-state index in [-0.39, 0.29) is 18.0 Å². The maximum absolute atomic E-state index is 11.7. The number of oxime groups is 1. The van der Waals surface area contributed by atoms with Crippen LogP contribution < -0.4 is 5.43 Å². The van der Waals surface area contributed by atoms with Crippen LogP contribution in [0, 0.1) is 0 Å². The van der Waals surface area contributed by atoms with Crippen molar-refractivity contribution < 1.29 is 19.5 Å². The van der Waals surface area contributed by atoms with E-state index in [4.69, 9.17) is 9.94 Å². The van der Waals surface area contributed by atoms with E-state index in [2.05, 4.69) is 10.6 Å². The molecule has 94 valence electrons. The van der Waals surface area contributed by atoms with Gasteiger partial charge in [0.1, 0.15) is 0 Å². The molecule has 2 aliphatic rings. The zero-order chi connectivity index (χ0) is 12.3. The summed E-state index contributed by atoms with van der Waals surface area (Å²) in [6.07, 6.45) is 2.50. The van der Waals surface area contributed by atoms with Gasteiger partial charge in [-0.05, 0) is 12.8 Å². The van der Waals surface area contributed by atoms with Gasteiger partial charge in [-0.3, -0.25) is 10.2 Å². The Bertz CT molecular complexity index is 349. The number of hydrogen-bond acceptors (Lipinski definition) is 5. The van der Waals surface area contributed by atoms with E-state index < -0.39 is 12.1 Å². The maximum Gasteiger partial charge on any atom is 0.353 e. The Balaban J connectivity index is 1.80. The van der Waals surface area contributed by atoms with Gasteiger partial charge in [-0.2, -0.15) is 0 Å². The lowest BCUT2D eigenvalue weighted by Gasteiger charge is -2.27. The van der Waals surface area contributed by atoms with Gasteiger partial charge in [-0.15, -0.1) is 0 Å². The third-order valence-electron chi connectivity index (χ3n) is 2.83. The Labute approximate surface area is 98.4 Å². The molecule has 1 saturated heterocycles. The Kier molecular flexibility index (Phi) is 3.58. The van der Waals surface area contributed by atoms with E-state index in [1.54, 1.807) is 0 Å². The fourth-order valence-corrected chi connectivity index (χ4v) is 1.88. The summed E-state index contributed by atoms with van der Waals surface area (Å²) in [5, 5.41) is 13.9. The molecule has 0 bridgehead atoms. The van der Waals surface area contributed by atoms with Gasteiger partial charge in [0.15, 0.2) is 5.71 Å². The first-order valence-electron chi connectivity index (χ1n) is 5.68. The average molecular weight is 241 g/mol. The zero-order valence-corrected chi connectivity index (χ0v) is 9.39. The first kappa shape index (κ1) is 11.8. The minimum atomic E-state index is -1.14. The van der Waals surface area contributed by atoms with Gasteiger partial charge in [0.25, 0.3) is 5.91 Å². The lowest BCUT2D eigenvalue weighted by molar-refractivity contribution is -0.136. The second kappa shape index (κ2) is 5.13. The van der Waals surface area contributed by atoms with Crippen molar-refractivity contribution in [3.63, 3.8) is 0 Å². The molecule has 2 heterocycles. The molecule has 7 heteroatoms. The minimum absolute atomic E-state index is 0.0228. The summed E-state index contributed by atoms with van der Waals surface area (Å²) in [4.78, 5) is 27.1. The van der Waals surface area contributed by atoms with Crippen molar-refractivity contribution >= 4 is 17.6 Å². The quantitative estimate of drug-likeness (QED) is 0.710. The number of hydrazine groups is 1. The van der Waals surface area contributed by atoms with E-state index in [1.165, 1.54) is 6.42 Å². The highest BCUT2D eigenvalue weighted by molar-refractivity contribution is 6.36. The molecule has 0 spiro atoms. The van der Waals surface area contributed by atoms with Crippen molar-refractivity contribution in [3.8, 4) is 0 Å². The van der Waals surface area contributed by atoms with Crippen LogP contribution in [0.3, 0.4) is 0 Å². The molecule has 2 N–H and O–H groups in total. The lowest BCUT2D eigenvalue weighted by atomic mass is 10.1. The zero-order valence-electron chi connectivity index (χ0n) is 9.39. The van der Waals surface area contributed by atoms with Crippen molar-refractivity contribution in [1.82, 2.24) is 10.4 Å². The topological polar surface area (TPSA) is 91.2 Å². The third kappa shape index (κ3) is 2.94. The highest BCUT2D eigenvalue weighted by atomic mass is 16.6. The summed E-state index contributed by atoms with van der Waals surface area (Å²) in [7, 11) is 0. The normalized spacial score (nSPS) is 24.9. The van der Waals surface area contributed by atoms with Crippen LogP contribution in [0.4, 0.5) is 0 Å². The number of rotatable bonds is 3. The number of carboxylic acids is 1. The summed E-state index contributed by atoms with van der Waals surface area (Å²) in [6.45, 7) is 1.65. The molecule has 1 unspecified atom stereocenters. The molecule has 0 aliphatic carbocycles. The number of nitrogens with one attached hydrogen (secondary N) is 1. The molecule has 1 atom stereocenters. The molecule has 0 aromatic heterocycles. The second-order valence-electron chi connectivity index (χ2n) is 4.17. The summed E-state index contributed by atoms with van der Waals surface area (Å²) >= 11 is 0. The van der Waals surface area contributed by atoms with Crippen LogP contribution in [0.25, 0.3) is 0 Å². The Morgan fingerprint density at radius 2 is 2.06 bits per heavy atom. The number of aliphatic carboxylic acids is 1. The summed E-state index contributed by atoms with van der Waals surface area (Å²) in [5.74, 6) is -1.47. The van der Waals surface area contributed by atoms with Gasteiger partial charge in [-0.1, -0.05) is 11.6 Å². The van der Waals surface area contributed by atoms with Crippen LogP contribution in [0.2, 0.25) is 0 Å². The van der Waals surface area contributed by atoms with Crippen LogP contribution in [-0.2, 0) is 14.4 Å². The first-order valence-corrected chi connectivity index (χ1v) is 5.68. The van der Waals surface area contributed by atoms with E-state index >= 15 is 0 Å². The van der Waals surface area contributed by atoms with Gasteiger partial charge in [0.2, 0.25) is 6.10 Å². The fourth-order valence-electron chi connectivity index (χ4n) is 1.88. The van der Waals surface area contributed by atoms with E-state index in [0.717, 1.165) is 25.9 Å². The highest BCUT2D eigenvalue weighted by Crippen LogP contribution is 2.12. The van der Waals surface area contributed by atoms with E-state index in [0.29, 0.717) is 0 Å². The first-order chi connectivity index (χ1) is 8.16. The van der Waals surface area contributed by atoms with Gasteiger partial charge >= 0.3 is 5.97 Å². The van der Waals surface area contributed by atoms with Crippen LogP contribution in [0.1, 0.15) is 25.7 Å². The van der Waals surface area contributed by atoms with Crippen molar-refractivity contribution in [2.24, 2.45) is 5.16 Å². The van der Waals surface area contributed by atoms with Gasteiger partial charge in [-0.25, -0.2) is 9.80 Å². The number of carboxylic acid groups (broad SMARTS) is 1. The van der Waals surface area contributed by atoms with Crippen molar-refractivity contribution in [1.29, 1.82) is 0 Å². The van der Waals surface area contributed by atoms with E-state index in [9.17, 15) is 9.59 Å². The fraction of sp³-hybridized carbons (Fsp3) is 0.700. The Morgan fingerprint density at radius 1 is 1.35 bits per heavy atom. The van der Waals surface area contributed by atoms with E-state index in [1.807, 2.05) is 5.01 Å². The second-order valence-corrected chi connectivity index (χ2v) is 4.17. The van der Waals surface area contributed by atoms with Crippen molar-refractivity contribution in [2.75, 3.05) is 13.1 Å². The van der Waals surface area contributed by atoms with Gasteiger partial charge in [0.05, 0.1) is 0 Å². The van der Waals surface area contributed by atoms with Crippen LogP contribution in [0.5, 0.6) is 0 Å². The summed E-state index contributed by atoms with van der Waals surface area (Å²) in [5.41, 5.74) is 2.62. The molecule has 0 radical (unpaired) electrons. The highest BCUT2D eigenvalue weighted by Gasteiger charge is 2.32. The molecule has 1 fully saturated rings. The minimum Gasteiger partial charge on any atom is -0.477 e. The molecule has 7 nitrogen and oxygen atoms in total. The summed E-state index contributed by atoms with van der Waals surface area (Å²) in [6, 6.07) is 0. The average Bonchev–Trinajstić information content (AvgIpc) is 2.79. The van der Waals surface area contributed by atoms with Crippen LogP contribution >= 0.6 is 0 Å². The SMILES string of the molecule is O=C(O)C1=NOC(C(=O)NN2CCCCC2)C1. The molecule has 1 amide bonds. The lowest BCUT2D eigenvalue weighted by Crippen LogP contribution is -2.49. The smallest absolute Gasteiger partial charge is 0.353 e. The molecule has 0 aromatic rings. The van der Waals surface area contributed by atoms with Crippen molar-refractivity contribution in [3.05, 3.63) is 0 Å². The molecular weight excluding hydrogens is 226 g/mol. The molecular formula is C10H15N3O4. The maximum atomic E-state index is 11.7. The predicted octanol–water partition coefficient (Wildman–Crippen LogP) is -0.267. The molecule has 17 heavy (non-hydrogen) atoms. The number of carbonyl (C=O) groups excluding carboxylic acids is 1. The summed E-state index contributed by atoms with van der Waals surface area (Å²) < 4.78 is 0. The third-order valence-corrected chi connectivity index (χ3v) is 2.83. The number of carbonyl (C=O) groups is 2. The molecule has 0 saturated carbocycles. The van der Waals surface area contributed by atoms with Crippen LogP contribution in [0.15, 0.2) is 5.16 Å². The predicted molar refractivity (Wildman–Crippen MR) is 58.1 cm³/mol. The number of hydrogen-bond donors (Lipinski definition) is 2. The number of nitrogens with zero attached hydrogens (tertiary/aromatic N) is 2. The largest absolute Gasteiger partial charge is 0.477 e. The standard InChI is InChI=1S/C10H15N3O4/c14-9(11-13-4-2-1-3-5-13)8-6-7(10(15)16)12-17-8/h8H,1-6H2,(H,11,14)(H,15,16). The van der Waals surface area contributed by atoms with Crippen LogP contribution in [-0.4, -0.2) is 46.9 Å². The molecule has 0 aromatic carbocycles. The monoisotopic (exact) mass is 241 g/mol. The molecule has 2 rings (SSSR count). The Morgan fingerprint density at radius 3 is 2.65 bits per heavy atom. The Hall–Kier alpha value is -1.63. The van der Waals surface area contributed by atoms with Gasteiger partial charge in [0, 0.05) is 19.5 Å². The van der Waals surface area contributed by atoms with Crippen molar-refractivity contribution in [2.45, 2.75) is 31.8 Å². The number of piperidine rings is 1. The van der Waals surface area contributed by atoms with Gasteiger partial charge < -0.3 is 9.94 Å². The molecule has 2 aliphatic heterocycles.